The number of fused-ring (bicyclic) bond motifs is 2. The molecule has 0 radical (unpaired) electrons. The van der Waals surface area contributed by atoms with E-state index in [0.29, 0.717) is 33.1 Å². The molecular weight excluding hydrogens is 380 g/mol. The van der Waals surface area contributed by atoms with Crippen molar-refractivity contribution in [3.05, 3.63) is 89.1 Å². The van der Waals surface area contributed by atoms with E-state index in [0.717, 1.165) is 11.1 Å². The molecule has 0 saturated heterocycles. The molecule has 0 bridgehead atoms. The number of rotatable bonds is 2. The summed E-state index contributed by atoms with van der Waals surface area (Å²) < 4.78 is 6.01. The van der Waals surface area contributed by atoms with Gasteiger partial charge >= 0.3 is 0 Å². The third kappa shape index (κ3) is 2.84. The first-order valence-corrected chi connectivity index (χ1v) is 9.32. The van der Waals surface area contributed by atoms with E-state index in [1.807, 2.05) is 6.07 Å². The number of aromatic hydroxyl groups is 3. The molecule has 3 N–H and O–H groups in total. The summed E-state index contributed by atoms with van der Waals surface area (Å²) in [6, 6.07) is 21.8. The Labute approximate surface area is 170 Å². The van der Waals surface area contributed by atoms with Gasteiger partial charge < -0.3 is 19.7 Å². The van der Waals surface area contributed by atoms with Gasteiger partial charge in [-0.3, -0.25) is 4.79 Å². The number of benzene rings is 4. The second-order valence-corrected chi connectivity index (χ2v) is 7.07. The average molecular weight is 396 g/mol. The van der Waals surface area contributed by atoms with Crippen LogP contribution in [0.5, 0.6) is 17.2 Å². The van der Waals surface area contributed by atoms with Crippen molar-refractivity contribution in [3.8, 4) is 39.5 Å². The third-order valence-corrected chi connectivity index (χ3v) is 5.18. The number of para-hydroxylation sites is 1. The number of hydrogen-bond donors (Lipinski definition) is 3. The van der Waals surface area contributed by atoms with E-state index in [9.17, 15) is 20.1 Å². The number of hydrogen-bond acceptors (Lipinski definition) is 5. The molecule has 5 heteroatoms. The van der Waals surface area contributed by atoms with Crippen LogP contribution in [-0.4, -0.2) is 15.3 Å². The highest BCUT2D eigenvalue weighted by Crippen LogP contribution is 2.39. The van der Waals surface area contributed by atoms with Crippen LogP contribution in [0.25, 0.3) is 44.2 Å². The fourth-order valence-corrected chi connectivity index (χ4v) is 3.66. The van der Waals surface area contributed by atoms with Gasteiger partial charge in [-0.15, -0.1) is 0 Å². The molecular formula is C25H16O5. The van der Waals surface area contributed by atoms with Gasteiger partial charge in [0.25, 0.3) is 0 Å². The van der Waals surface area contributed by atoms with Gasteiger partial charge in [-0.1, -0.05) is 30.3 Å². The first kappa shape index (κ1) is 17.8. The summed E-state index contributed by atoms with van der Waals surface area (Å²) in [4.78, 5) is 13.1. The lowest BCUT2D eigenvalue weighted by atomic mass is 9.92. The minimum Gasteiger partial charge on any atom is -0.508 e. The second-order valence-electron chi connectivity index (χ2n) is 7.07. The molecule has 0 spiro atoms. The fraction of sp³-hybridized carbons (Fsp3) is 0. The van der Waals surface area contributed by atoms with E-state index < -0.39 is 0 Å². The van der Waals surface area contributed by atoms with Gasteiger partial charge in [-0.25, -0.2) is 0 Å². The van der Waals surface area contributed by atoms with Crippen LogP contribution in [0.1, 0.15) is 0 Å². The summed E-state index contributed by atoms with van der Waals surface area (Å²) in [5.41, 5.74) is 3.66. The maximum atomic E-state index is 13.1. The van der Waals surface area contributed by atoms with Gasteiger partial charge in [0.15, 0.2) is 11.5 Å². The summed E-state index contributed by atoms with van der Waals surface area (Å²) in [7, 11) is 0. The Balaban J connectivity index is 1.89. The summed E-state index contributed by atoms with van der Waals surface area (Å²) in [5.74, 6) is -0.341. The van der Waals surface area contributed by atoms with Crippen LogP contribution in [0.15, 0.2) is 88.1 Å². The summed E-state index contributed by atoms with van der Waals surface area (Å²) in [6.07, 6.45) is 0. The minimum atomic E-state index is -0.255. The normalized spacial score (nSPS) is 11.2. The Morgan fingerprint density at radius 3 is 2.07 bits per heavy atom. The maximum Gasteiger partial charge on any atom is 0.200 e. The summed E-state index contributed by atoms with van der Waals surface area (Å²) in [5, 5.41) is 30.3. The second kappa shape index (κ2) is 6.67. The van der Waals surface area contributed by atoms with Crippen LogP contribution in [0.4, 0.5) is 0 Å². The third-order valence-electron chi connectivity index (χ3n) is 5.18. The van der Waals surface area contributed by atoms with Crippen molar-refractivity contribution in [1.82, 2.24) is 0 Å². The van der Waals surface area contributed by atoms with Gasteiger partial charge in [0.1, 0.15) is 16.9 Å². The van der Waals surface area contributed by atoms with Crippen molar-refractivity contribution in [1.29, 1.82) is 0 Å². The molecule has 146 valence electrons. The molecule has 4 aromatic carbocycles. The highest BCUT2D eigenvalue weighted by Gasteiger charge is 2.15. The lowest BCUT2D eigenvalue weighted by molar-refractivity contribution is 0.404. The van der Waals surface area contributed by atoms with Crippen LogP contribution < -0.4 is 5.43 Å². The molecule has 0 unspecified atom stereocenters. The molecule has 0 amide bonds. The Kier molecular flexibility index (Phi) is 3.96. The zero-order valence-electron chi connectivity index (χ0n) is 15.7. The predicted octanol–water partition coefficient (Wildman–Crippen LogP) is 5.40. The van der Waals surface area contributed by atoms with Gasteiger partial charge in [0.05, 0.1) is 10.8 Å². The molecule has 0 atom stereocenters. The Morgan fingerprint density at radius 1 is 0.600 bits per heavy atom. The Morgan fingerprint density at radius 2 is 1.30 bits per heavy atom. The van der Waals surface area contributed by atoms with E-state index in [4.69, 9.17) is 4.42 Å². The smallest absolute Gasteiger partial charge is 0.200 e. The van der Waals surface area contributed by atoms with Gasteiger partial charge in [0, 0.05) is 0 Å². The summed E-state index contributed by atoms with van der Waals surface area (Å²) >= 11 is 0. The van der Waals surface area contributed by atoms with Crippen molar-refractivity contribution in [2.75, 3.05) is 0 Å². The lowest BCUT2D eigenvalue weighted by Crippen LogP contribution is -2.02. The maximum absolute atomic E-state index is 13.1. The zero-order chi connectivity index (χ0) is 20.8. The van der Waals surface area contributed by atoms with Gasteiger partial charge in [0.2, 0.25) is 5.43 Å². The van der Waals surface area contributed by atoms with E-state index in [-0.39, 0.29) is 22.7 Å². The van der Waals surface area contributed by atoms with E-state index >= 15 is 0 Å². The van der Waals surface area contributed by atoms with Crippen LogP contribution in [0.2, 0.25) is 0 Å². The van der Waals surface area contributed by atoms with E-state index in [1.54, 1.807) is 60.7 Å². The Bertz CT molecular complexity index is 1480. The van der Waals surface area contributed by atoms with Gasteiger partial charge in [-0.05, 0) is 70.8 Å². The van der Waals surface area contributed by atoms with Crippen LogP contribution in [0.3, 0.4) is 0 Å². The first-order chi connectivity index (χ1) is 14.5. The fourth-order valence-electron chi connectivity index (χ4n) is 3.66. The molecule has 5 rings (SSSR count). The van der Waals surface area contributed by atoms with Crippen molar-refractivity contribution in [3.63, 3.8) is 0 Å². The van der Waals surface area contributed by atoms with Crippen molar-refractivity contribution in [2.24, 2.45) is 0 Å². The molecule has 1 heterocycles. The highest BCUT2D eigenvalue weighted by atomic mass is 16.3. The topological polar surface area (TPSA) is 90.9 Å². The van der Waals surface area contributed by atoms with Crippen LogP contribution in [-0.2, 0) is 0 Å². The molecule has 0 aliphatic heterocycles. The highest BCUT2D eigenvalue weighted by molar-refractivity contribution is 5.98. The van der Waals surface area contributed by atoms with Crippen molar-refractivity contribution < 1.29 is 19.7 Å². The SMILES string of the molecule is O=c1c2ccccc2oc2cc(-c3ccc(O)cc3)c(-c3ccc(O)c(O)c3)cc12. The average Bonchev–Trinajstić information content (AvgIpc) is 2.76. The quantitative estimate of drug-likeness (QED) is 0.275. The summed E-state index contributed by atoms with van der Waals surface area (Å²) in [6.45, 7) is 0. The number of phenolic OH excluding ortho intramolecular Hbond substituents is 3. The zero-order valence-corrected chi connectivity index (χ0v) is 15.7. The molecule has 0 fully saturated rings. The first-order valence-electron chi connectivity index (χ1n) is 9.32. The predicted molar refractivity (Wildman–Crippen MR) is 116 cm³/mol. The largest absolute Gasteiger partial charge is 0.508 e. The molecule has 0 aliphatic rings. The molecule has 0 aliphatic carbocycles. The minimum absolute atomic E-state index is 0.140. The van der Waals surface area contributed by atoms with Crippen LogP contribution >= 0.6 is 0 Å². The molecule has 5 nitrogen and oxygen atoms in total. The molecule has 1 aromatic heterocycles. The monoisotopic (exact) mass is 396 g/mol. The number of phenols is 3. The molecule has 5 aromatic rings. The van der Waals surface area contributed by atoms with Gasteiger partial charge in [-0.2, -0.15) is 0 Å². The van der Waals surface area contributed by atoms with Crippen LogP contribution in [0, 0.1) is 0 Å². The van der Waals surface area contributed by atoms with E-state index in [1.165, 1.54) is 12.1 Å². The van der Waals surface area contributed by atoms with Crippen molar-refractivity contribution >= 4 is 21.9 Å². The van der Waals surface area contributed by atoms with Crippen molar-refractivity contribution in [2.45, 2.75) is 0 Å². The molecule has 30 heavy (non-hydrogen) atoms. The van der Waals surface area contributed by atoms with E-state index in [2.05, 4.69) is 0 Å². The molecule has 0 saturated carbocycles. The standard InChI is InChI=1S/C25H16O5/c26-16-8-5-14(6-9-16)19-13-24-20(25(29)17-3-1-2-4-23(17)30-24)12-18(19)15-7-10-21(27)22(28)11-15/h1-13,26-28H. The Hall–Kier alpha value is -4.25. The lowest BCUT2D eigenvalue weighted by Gasteiger charge is -2.13.